The minimum Gasteiger partial charge on any atom is -0.446 e. The number of aliphatic hydroxyl groups is 2. The predicted octanol–water partition coefficient (Wildman–Crippen LogP) is 3.02. The Balaban J connectivity index is 1.12. The van der Waals surface area contributed by atoms with Crippen LogP contribution in [0.3, 0.4) is 0 Å². The van der Waals surface area contributed by atoms with Crippen LogP contribution in [0.25, 0.3) is 11.1 Å². The third-order valence-electron chi connectivity index (χ3n) is 7.30. The lowest BCUT2D eigenvalue weighted by Gasteiger charge is -2.31. The Morgan fingerprint density at radius 3 is 2.36 bits per heavy atom. The highest BCUT2D eigenvalue weighted by molar-refractivity contribution is 5.95. The number of amides is 1. The molecule has 4 N–H and O–H groups in total. The first-order chi connectivity index (χ1) is 20.6. The molecule has 10 heteroatoms. The summed E-state index contributed by atoms with van der Waals surface area (Å²) in [6.45, 7) is 4.84. The lowest BCUT2D eigenvalue weighted by Crippen LogP contribution is -2.42. The molecule has 1 aromatic heterocycles. The SMILES string of the molecule is O=C(Nc1ccccc1-c1ccccc1)OC1CCN(CCNCC(=O)c2ccc(CN(CCO)CCO)cn2)CC1. The van der Waals surface area contributed by atoms with Crippen molar-refractivity contribution in [3.63, 3.8) is 0 Å². The number of nitrogens with one attached hydrogen (secondary N) is 2. The van der Waals surface area contributed by atoms with Crippen molar-refractivity contribution in [1.82, 2.24) is 20.1 Å². The molecule has 2 aromatic carbocycles. The van der Waals surface area contributed by atoms with Crippen LogP contribution in [0.2, 0.25) is 0 Å². The maximum absolute atomic E-state index is 12.6. The summed E-state index contributed by atoms with van der Waals surface area (Å²) < 4.78 is 5.73. The standard InChI is InChI=1S/C32H41N5O5/c38-20-18-37(19-21-39)24-25-10-11-30(34-22-25)31(40)23-33-14-17-36-15-12-27(13-16-36)42-32(41)35-29-9-5-4-8-28(29)26-6-2-1-3-7-26/h1-11,22,27,33,38-39H,12-21,23-24H2,(H,35,41). The zero-order valence-corrected chi connectivity index (χ0v) is 24.0. The Kier molecular flexibility index (Phi) is 12.4. The smallest absolute Gasteiger partial charge is 0.411 e. The van der Waals surface area contributed by atoms with Gasteiger partial charge < -0.3 is 25.2 Å². The summed E-state index contributed by atoms with van der Waals surface area (Å²) in [5.74, 6) is -0.0731. The van der Waals surface area contributed by atoms with Crippen molar-refractivity contribution in [2.75, 3.05) is 64.3 Å². The van der Waals surface area contributed by atoms with Gasteiger partial charge in [0.25, 0.3) is 0 Å². The van der Waals surface area contributed by atoms with Crippen molar-refractivity contribution in [3.8, 4) is 11.1 Å². The van der Waals surface area contributed by atoms with E-state index in [2.05, 4.69) is 20.5 Å². The molecule has 0 unspecified atom stereocenters. The first-order valence-electron chi connectivity index (χ1n) is 14.5. The highest BCUT2D eigenvalue weighted by atomic mass is 16.6. The molecule has 1 saturated heterocycles. The zero-order chi connectivity index (χ0) is 29.6. The van der Waals surface area contributed by atoms with Gasteiger partial charge in [-0.3, -0.25) is 20.0 Å². The number of hydrogen-bond donors (Lipinski definition) is 4. The third kappa shape index (κ3) is 9.71. The Morgan fingerprint density at radius 2 is 1.67 bits per heavy atom. The van der Waals surface area contributed by atoms with Gasteiger partial charge in [0.05, 0.1) is 25.4 Å². The first kappa shape index (κ1) is 31.3. The number of piperidine rings is 1. The van der Waals surface area contributed by atoms with E-state index in [0.29, 0.717) is 31.9 Å². The van der Waals surface area contributed by atoms with Gasteiger partial charge in [0.1, 0.15) is 11.8 Å². The van der Waals surface area contributed by atoms with Crippen molar-refractivity contribution in [1.29, 1.82) is 0 Å². The fourth-order valence-corrected chi connectivity index (χ4v) is 5.03. The first-order valence-corrected chi connectivity index (χ1v) is 14.5. The number of carbonyl (C=O) groups is 2. The van der Waals surface area contributed by atoms with E-state index in [1.807, 2.05) is 65.6 Å². The van der Waals surface area contributed by atoms with Gasteiger partial charge in [-0.15, -0.1) is 0 Å². The Labute approximate surface area is 247 Å². The lowest BCUT2D eigenvalue weighted by atomic mass is 10.0. The second-order valence-electron chi connectivity index (χ2n) is 10.4. The number of aliphatic hydroxyl groups excluding tert-OH is 2. The molecule has 1 aliphatic rings. The highest BCUT2D eigenvalue weighted by Crippen LogP contribution is 2.28. The molecule has 0 radical (unpaired) electrons. The summed E-state index contributed by atoms with van der Waals surface area (Å²) in [6, 6.07) is 21.2. The summed E-state index contributed by atoms with van der Waals surface area (Å²) in [4.78, 5) is 33.7. The second-order valence-corrected chi connectivity index (χ2v) is 10.4. The van der Waals surface area contributed by atoms with Crippen molar-refractivity contribution < 1.29 is 24.5 Å². The van der Waals surface area contributed by atoms with E-state index in [0.717, 1.165) is 54.9 Å². The molecule has 2 heterocycles. The lowest BCUT2D eigenvalue weighted by molar-refractivity contribution is 0.0593. The number of pyridine rings is 1. The van der Waals surface area contributed by atoms with Gasteiger partial charge in [-0.05, 0) is 36.1 Å². The number of para-hydroxylation sites is 1. The van der Waals surface area contributed by atoms with Crippen LogP contribution in [0.5, 0.6) is 0 Å². The topological polar surface area (TPSA) is 127 Å². The number of ether oxygens (including phenoxy) is 1. The largest absolute Gasteiger partial charge is 0.446 e. The van der Waals surface area contributed by atoms with Gasteiger partial charge >= 0.3 is 6.09 Å². The van der Waals surface area contributed by atoms with Crippen LogP contribution in [0, 0.1) is 0 Å². The quantitative estimate of drug-likeness (QED) is 0.160. The molecule has 3 aromatic rings. The highest BCUT2D eigenvalue weighted by Gasteiger charge is 2.22. The molecule has 1 amide bonds. The van der Waals surface area contributed by atoms with Gasteiger partial charge in [0.2, 0.25) is 0 Å². The van der Waals surface area contributed by atoms with Crippen LogP contribution in [-0.4, -0.2) is 102 Å². The number of likely N-dealkylation sites (tertiary alicyclic amines) is 1. The number of ketones is 1. The van der Waals surface area contributed by atoms with Gasteiger partial charge in [-0.1, -0.05) is 54.6 Å². The molecule has 42 heavy (non-hydrogen) atoms. The van der Waals surface area contributed by atoms with E-state index in [1.54, 1.807) is 12.3 Å². The van der Waals surface area contributed by atoms with Crippen LogP contribution in [-0.2, 0) is 11.3 Å². The molecule has 224 valence electrons. The van der Waals surface area contributed by atoms with Gasteiger partial charge in [0.15, 0.2) is 5.78 Å². The normalized spacial score (nSPS) is 14.2. The molecular formula is C32H41N5O5. The summed E-state index contributed by atoms with van der Waals surface area (Å²) in [5, 5.41) is 24.4. The minimum absolute atomic E-state index is 0.0175. The van der Waals surface area contributed by atoms with Crippen LogP contribution >= 0.6 is 0 Å². The van der Waals surface area contributed by atoms with Crippen LogP contribution in [0.15, 0.2) is 72.9 Å². The zero-order valence-electron chi connectivity index (χ0n) is 24.0. The number of anilines is 1. The van der Waals surface area contributed by atoms with E-state index in [-0.39, 0.29) is 31.6 Å². The number of Topliss-reactive ketones (excluding diaryl/α,β-unsaturated/α-hetero) is 1. The van der Waals surface area contributed by atoms with Crippen molar-refractivity contribution >= 4 is 17.6 Å². The Hall–Kier alpha value is -3.67. The molecular weight excluding hydrogens is 534 g/mol. The number of rotatable bonds is 15. The van der Waals surface area contributed by atoms with Gasteiger partial charge in [0, 0.05) is 57.6 Å². The van der Waals surface area contributed by atoms with Crippen molar-refractivity contribution in [2.24, 2.45) is 0 Å². The summed E-state index contributed by atoms with van der Waals surface area (Å²) in [6.07, 6.45) is 2.62. The molecule has 0 aliphatic carbocycles. The monoisotopic (exact) mass is 575 g/mol. The Morgan fingerprint density at radius 1 is 0.952 bits per heavy atom. The van der Waals surface area contributed by atoms with Crippen LogP contribution in [0.1, 0.15) is 28.9 Å². The van der Waals surface area contributed by atoms with Crippen LogP contribution in [0.4, 0.5) is 10.5 Å². The Bertz CT molecular complexity index is 1240. The number of aromatic nitrogens is 1. The van der Waals surface area contributed by atoms with Gasteiger partial charge in [-0.2, -0.15) is 0 Å². The van der Waals surface area contributed by atoms with E-state index >= 15 is 0 Å². The molecule has 0 atom stereocenters. The average molecular weight is 576 g/mol. The number of benzene rings is 2. The minimum atomic E-state index is -0.439. The van der Waals surface area contributed by atoms with E-state index in [4.69, 9.17) is 14.9 Å². The number of hydrogen-bond acceptors (Lipinski definition) is 9. The molecule has 4 rings (SSSR count). The third-order valence-corrected chi connectivity index (χ3v) is 7.30. The predicted molar refractivity (Wildman–Crippen MR) is 162 cm³/mol. The molecule has 1 fully saturated rings. The van der Waals surface area contributed by atoms with Crippen molar-refractivity contribution in [3.05, 3.63) is 84.2 Å². The fraction of sp³-hybridized carbons (Fsp3) is 0.406. The van der Waals surface area contributed by atoms with E-state index in [1.165, 1.54) is 0 Å². The fourth-order valence-electron chi connectivity index (χ4n) is 5.03. The van der Waals surface area contributed by atoms with Crippen LogP contribution < -0.4 is 10.6 Å². The summed E-state index contributed by atoms with van der Waals surface area (Å²) in [7, 11) is 0. The van der Waals surface area contributed by atoms with E-state index < -0.39 is 6.09 Å². The van der Waals surface area contributed by atoms with Gasteiger partial charge in [-0.25, -0.2) is 4.79 Å². The maximum Gasteiger partial charge on any atom is 0.411 e. The number of nitrogens with zero attached hydrogens (tertiary/aromatic N) is 3. The molecule has 0 spiro atoms. The van der Waals surface area contributed by atoms with Crippen molar-refractivity contribution in [2.45, 2.75) is 25.5 Å². The molecule has 1 aliphatic heterocycles. The maximum atomic E-state index is 12.6. The van der Waals surface area contributed by atoms with E-state index in [9.17, 15) is 9.59 Å². The molecule has 0 bridgehead atoms. The molecule has 0 saturated carbocycles. The average Bonchev–Trinajstić information content (AvgIpc) is 3.01. The summed E-state index contributed by atoms with van der Waals surface area (Å²) in [5.41, 5.74) is 4.03. The second kappa shape index (κ2) is 16.7. The number of carbonyl (C=O) groups excluding carboxylic acids is 2. The summed E-state index contributed by atoms with van der Waals surface area (Å²) >= 11 is 0. The molecule has 10 nitrogen and oxygen atoms in total.